The smallest absolute Gasteiger partial charge is 0.310 e. The maximum atomic E-state index is 11.6. The molecule has 0 amide bonds. The van der Waals surface area contributed by atoms with Crippen LogP contribution in [0.5, 0.6) is 0 Å². The molecule has 2 aromatic rings. The van der Waals surface area contributed by atoms with Crippen LogP contribution in [-0.2, 0) is 22.4 Å². The zero-order valence-electron chi connectivity index (χ0n) is 11.0. The Labute approximate surface area is 110 Å². The summed E-state index contributed by atoms with van der Waals surface area (Å²) in [5.41, 5.74) is 2.54. The fourth-order valence-corrected chi connectivity index (χ4v) is 1.89. The highest BCUT2D eigenvalue weighted by Gasteiger charge is 2.07. The van der Waals surface area contributed by atoms with E-state index in [4.69, 9.17) is 4.74 Å². The number of aromatic amines is 1. The van der Waals surface area contributed by atoms with Crippen molar-refractivity contribution < 1.29 is 9.53 Å². The molecule has 0 aliphatic heterocycles. The number of hydrogen-bond donors (Lipinski definition) is 1. The van der Waals surface area contributed by atoms with E-state index in [1.54, 1.807) is 25.1 Å². The molecule has 0 bridgehead atoms. The van der Waals surface area contributed by atoms with Gasteiger partial charge in [-0.2, -0.15) is 0 Å². The van der Waals surface area contributed by atoms with Gasteiger partial charge in [-0.25, -0.2) is 4.98 Å². The zero-order chi connectivity index (χ0) is 13.8. The number of aryl methyl sites for hydroxylation is 1. The normalized spacial score (nSPS) is 10.6. The summed E-state index contributed by atoms with van der Waals surface area (Å²) in [6, 6.07) is 5.36. The Bertz CT molecular complexity index is 661. The molecule has 0 aliphatic carbocycles. The highest BCUT2D eigenvalue weighted by molar-refractivity contribution is 5.78. The lowest BCUT2D eigenvalue weighted by Crippen LogP contribution is -2.14. The molecule has 1 aromatic heterocycles. The summed E-state index contributed by atoms with van der Waals surface area (Å²) in [4.78, 5) is 30.1. The highest BCUT2D eigenvalue weighted by atomic mass is 16.5. The molecule has 100 valence electrons. The van der Waals surface area contributed by atoms with Gasteiger partial charge in [0.15, 0.2) is 0 Å². The molecular formula is C14H16N2O3. The number of aromatic nitrogens is 2. The van der Waals surface area contributed by atoms with Crippen LogP contribution < -0.4 is 5.56 Å². The number of benzene rings is 1. The van der Waals surface area contributed by atoms with Crippen molar-refractivity contribution in [3.63, 3.8) is 0 Å². The predicted octanol–water partition coefficient (Wildman–Crippen LogP) is 1.59. The van der Waals surface area contributed by atoms with Crippen LogP contribution in [0, 0.1) is 0 Å². The number of carbonyl (C=O) groups is 1. The van der Waals surface area contributed by atoms with E-state index in [9.17, 15) is 9.59 Å². The van der Waals surface area contributed by atoms with Crippen molar-refractivity contribution in [3.05, 3.63) is 39.8 Å². The van der Waals surface area contributed by atoms with Crippen LogP contribution in [0.3, 0.4) is 0 Å². The number of esters is 1. The standard InChI is InChI=1S/C14H16N2O3/c1-3-10-14(18)16-11-6-5-9(7-12(11)15-10)8-13(17)19-4-2/h5-7H,3-4,8H2,1-2H3,(H,16,18). The lowest BCUT2D eigenvalue weighted by molar-refractivity contribution is -0.142. The van der Waals surface area contributed by atoms with Gasteiger partial charge in [0, 0.05) is 0 Å². The average Bonchev–Trinajstić information content (AvgIpc) is 2.38. The van der Waals surface area contributed by atoms with Crippen LogP contribution in [-0.4, -0.2) is 22.5 Å². The Balaban J connectivity index is 2.36. The molecule has 0 saturated carbocycles. The molecule has 0 fully saturated rings. The van der Waals surface area contributed by atoms with Gasteiger partial charge in [0.05, 0.1) is 24.1 Å². The zero-order valence-corrected chi connectivity index (χ0v) is 11.0. The van der Waals surface area contributed by atoms with Crippen LogP contribution in [0.25, 0.3) is 11.0 Å². The Hall–Kier alpha value is -2.17. The minimum Gasteiger partial charge on any atom is -0.466 e. The third-order valence-corrected chi connectivity index (χ3v) is 2.82. The molecular weight excluding hydrogens is 244 g/mol. The van der Waals surface area contributed by atoms with Crippen molar-refractivity contribution in [1.82, 2.24) is 9.97 Å². The Morgan fingerprint density at radius 2 is 2.16 bits per heavy atom. The van der Waals surface area contributed by atoms with Gasteiger partial charge in [0.2, 0.25) is 0 Å². The molecule has 0 unspecified atom stereocenters. The van der Waals surface area contributed by atoms with Gasteiger partial charge in [-0.05, 0) is 31.0 Å². The molecule has 0 atom stereocenters. The largest absolute Gasteiger partial charge is 0.466 e. The van der Waals surface area contributed by atoms with Gasteiger partial charge in [-0.1, -0.05) is 13.0 Å². The molecule has 5 nitrogen and oxygen atoms in total. The first kappa shape index (κ1) is 13.3. The van der Waals surface area contributed by atoms with E-state index in [1.165, 1.54) is 0 Å². The SMILES string of the molecule is CCOC(=O)Cc1ccc2[nH]c(=O)c(CC)nc2c1. The van der Waals surface area contributed by atoms with E-state index in [1.807, 2.05) is 6.92 Å². The average molecular weight is 260 g/mol. The number of fused-ring (bicyclic) bond motifs is 1. The molecule has 0 aliphatic rings. The van der Waals surface area contributed by atoms with Gasteiger partial charge < -0.3 is 9.72 Å². The summed E-state index contributed by atoms with van der Waals surface area (Å²) < 4.78 is 4.90. The Kier molecular flexibility index (Phi) is 3.94. The van der Waals surface area contributed by atoms with Crippen molar-refractivity contribution in [2.45, 2.75) is 26.7 Å². The molecule has 1 aromatic carbocycles. The molecule has 5 heteroatoms. The Morgan fingerprint density at radius 1 is 1.37 bits per heavy atom. The number of nitrogens with zero attached hydrogens (tertiary/aromatic N) is 1. The summed E-state index contributed by atoms with van der Waals surface area (Å²) in [6.07, 6.45) is 0.791. The van der Waals surface area contributed by atoms with Gasteiger partial charge in [0.1, 0.15) is 5.69 Å². The van der Waals surface area contributed by atoms with Gasteiger partial charge in [-0.3, -0.25) is 9.59 Å². The van der Waals surface area contributed by atoms with Crippen LogP contribution in [0.1, 0.15) is 25.1 Å². The van der Waals surface area contributed by atoms with Gasteiger partial charge in [0.25, 0.3) is 5.56 Å². The number of nitrogens with one attached hydrogen (secondary N) is 1. The fraction of sp³-hybridized carbons (Fsp3) is 0.357. The van der Waals surface area contributed by atoms with Gasteiger partial charge in [-0.15, -0.1) is 0 Å². The van der Waals surface area contributed by atoms with Crippen LogP contribution in [0.4, 0.5) is 0 Å². The first-order chi connectivity index (χ1) is 9.13. The molecule has 19 heavy (non-hydrogen) atoms. The molecule has 0 spiro atoms. The first-order valence-corrected chi connectivity index (χ1v) is 6.31. The van der Waals surface area contributed by atoms with Gasteiger partial charge >= 0.3 is 5.97 Å². The van der Waals surface area contributed by atoms with Crippen LogP contribution >= 0.6 is 0 Å². The molecule has 0 radical (unpaired) electrons. The third kappa shape index (κ3) is 2.99. The third-order valence-electron chi connectivity index (χ3n) is 2.82. The number of hydrogen-bond acceptors (Lipinski definition) is 4. The number of rotatable bonds is 4. The van der Waals surface area contributed by atoms with E-state index < -0.39 is 0 Å². The Morgan fingerprint density at radius 3 is 2.84 bits per heavy atom. The van der Waals surface area contributed by atoms with Crippen LogP contribution in [0.15, 0.2) is 23.0 Å². The highest BCUT2D eigenvalue weighted by Crippen LogP contribution is 2.12. The number of carbonyl (C=O) groups excluding carboxylic acids is 1. The summed E-state index contributed by atoms with van der Waals surface area (Å²) >= 11 is 0. The molecule has 1 heterocycles. The summed E-state index contributed by atoms with van der Waals surface area (Å²) in [6.45, 7) is 4.03. The van der Waals surface area contributed by atoms with E-state index >= 15 is 0 Å². The number of ether oxygens (including phenoxy) is 1. The van der Waals surface area contributed by atoms with Crippen LogP contribution in [0.2, 0.25) is 0 Å². The second kappa shape index (κ2) is 5.65. The fourth-order valence-electron chi connectivity index (χ4n) is 1.89. The quantitative estimate of drug-likeness (QED) is 0.847. The molecule has 0 saturated heterocycles. The van der Waals surface area contributed by atoms with Crippen molar-refractivity contribution in [2.24, 2.45) is 0 Å². The first-order valence-electron chi connectivity index (χ1n) is 6.31. The molecule has 1 N–H and O–H groups in total. The minimum atomic E-state index is -0.262. The van der Waals surface area contributed by atoms with Crippen molar-refractivity contribution >= 4 is 17.0 Å². The predicted molar refractivity (Wildman–Crippen MR) is 72.1 cm³/mol. The lowest BCUT2D eigenvalue weighted by Gasteiger charge is -2.04. The maximum Gasteiger partial charge on any atom is 0.310 e. The molecule has 2 rings (SSSR count). The maximum absolute atomic E-state index is 11.6. The van der Waals surface area contributed by atoms with E-state index in [0.717, 1.165) is 5.56 Å². The van der Waals surface area contributed by atoms with Crippen molar-refractivity contribution in [1.29, 1.82) is 0 Å². The monoisotopic (exact) mass is 260 g/mol. The van der Waals surface area contributed by atoms with E-state index in [2.05, 4.69) is 9.97 Å². The van der Waals surface area contributed by atoms with E-state index in [0.29, 0.717) is 29.8 Å². The summed E-state index contributed by atoms with van der Waals surface area (Å²) in [5, 5.41) is 0. The topological polar surface area (TPSA) is 72.1 Å². The summed E-state index contributed by atoms with van der Waals surface area (Å²) in [7, 11) is 0. The second-order valence-corrected chi connectivity index (χ2v) is 4.20. The van der Waals surface area contributed by atoms with Crippen molar-refractivity contribution in [3.8, 4) is 0 Å². The minimum absolute atomic E-state index is 0.159. The lowest BCUT2D eigenvalue weighted by atomic mass is 10.1. The van der Waals surface area contributed by atoms with E-state index in [-0.39, 0.29) is 17.9 Å². The summed E-state index contributed by atoms with van der Waals surface area (Å²) in [5.74, 6) is -0.262. The number of H-pyrrole nitrogens is 1. The van der Waals surface area contributed by atoms with Crippen molar-refractivity contribution in [2.75, 3.05) is 6.61 Å². The second-order valence-electron chi connectivity index (χ2n) is 4.20.